The zero-order chi connectivity index (χ0) is 26.8. The van der Waals surface area contributed by atoms with Gasteiger partial charge in [-0.15, -0.1) is 0 Å². The molecule has 3 N–H and O–H groups in total. The van der Waals surface area contributed by atoms with Crippen molar-refractivity contribution >= 4 is 40.6 Å². The number of carbonyl (C=O) groups is 2. The maximum atomic E-state index is 11.7. The fourth-order valence-electron chi connectivity index (χ4n) is 5.66. The van der Waals surface area contributed by atoms with Crippen molar-refractivity contribution in [3.63, 3.8) is 0 Å². The van der Waals surface area contributed by atoms with Gasteiger partial charge in [0.25, 0.3) is 0 Å². The Morgan fingerprint density at radius 2 is 1.74 bits per heavy atom. The standard InChI is InChI=1S/C30H34N6O2/c1-5-28(38)32-25-7-6-8-26(14-25)33-29-19(3)15-31-30(35-29)34-27-10-9-21(11-18(27)2)22-12-23-16-36(20(4)37)17-24(23)13-22/h5-11,14-15,22-24H,1,12-13,16-17H2,2-4H3,(H,32,38)(H2,31,33,34,35). The molecular formula is C30H34N6O2. The zero-order valence-electron chi connectivity index (χ0n) is 22.1. The van der Waals surface area contributed by atoms with E-state index in [9.17, 15) is 9.59 Å². The van der Waals surface area contributed by atoms with Crippen LogP contribution in [0.15, 0.2) is 61.3 Å². The minimum atomic E-state index is -0.261. The molecule has 3 aromatic rings. The van der Waals surface area contributed by atoms with Crippen LogP contribution in [0.2, 0.25) is 0 Å². The fourth-order valence-corrected chi connectivity index (χ4v) is 5.66. The van der Waals surface area contributed by atoms with Crippen molar-refractivity contribution in [1.82, 2.24) is 14.9 Å². The summed E-state index contributed by atoms with van der Waals surface area (Å²) >= 11 is 0. The largest absolute Gasteiger partial charge is 0.342 e. The van der Waals surface area contributed by atoms with Crippen LogP contribution in [-0.4, -0.2) is 39.8 Å². The van der Waals surface area contributed by atoms with Crippen LogP contribution >= 0.6 is 0 Å². The highest BCUT2D eigenvalue weighted by molar-refractivity contribution is 5.99. The molecule has 1 aromatic heterocycles. The van der Waals surface area contributed by atoms with Crippen LogP contribution in [-0.2, 0) is 9.59 Å². The Kier molecular flexibility index (Phi) is 7.13. The predicted molar refractivity (Wildman–Crippen MR) is 151 cm³/mol. The summed E-state index contributed by atoms with van der Waals surface area (Å²) in [7, 11) is 0. The number of benzene rings is 2. The van der Waals surface area contributed by atoms with Gasteiger partial charge in [-0.3, -0.25) is 9.59 Å². The van der Waals surface area contributed by atoms with Gasteiger partial charge >= 0.3 is 0 Å². The van der Waals surface area contributed by atoms with Gasteiger partial charge in [0.05, 0.1) is 0 Å². The van der Waals surface area contributed by atoms with Gasteiger partial charge in [0.15, 0.2) is 0 Å². The van der Waals surface area contributed by atoms with Crippen molar-refractivity contribution in [2.75, 3.05) is 29.0 Å². The highest BCUT2D eigenvalue weighted by Gasteiger charge is 2.42. The molecule has 0 bridgehead atoms. The van der Waals surface area contributed by atoms with Crippen molar-refractivity contribution in [3.8, 4) is 0 Å². The maximum Gasteiger partial charge on any atom is 0.247 e. The number of fused-ring (bicyclic) bond motifs is 1. The van der Waals surface area contributed by atoms with Crippen molar-refractivity contribution < 1.29 is 9.59 Å². The molecule has 2 aliphatic rings. The van der Waals surface area contributed by atoms with Crippen LogP contribution in [0.5, 0.6) is 0 Å². The van der Waals surface area contributed by atoms with E-state index in [-0.39, 0.29) is 11.8 Å². The van der Waals surface area contributed by atoms with E-state index >= 15 is 0 Å². The first-order valence-corrected chi connectivity index (χ1v) is 13.1. The smallest absolute Gasteiger partial charge is 0.247 e. The summed E-state index contributed by atoms with van der Waals surface area (Å²) < 4.78 is 0. The van der Waals surface area contributed by atoms with E-state index in [4.69, 9.17) is 4.98 Å². The molecule has 8 heteroatoms. The lowest BCUT2D eigenvalue weighted by Crippen LogP contribution is -2.27. The average molecular weight is 511 g/mol. The molecule has 2 heterocycles. The molecule has 1 aliphatic carbocycles. The number of likely N-dealkylation sites (tertiary alicyclic amines) is 1. The minimum absolute atomic E-state index is 0.199. The van der Waals surface area contributed by atoms with Crippen LogP contribution in [0.1, 0.15) is 42.4 Å². The SMILES string of the molecule is C=CC(=O)Nc1cccc(Nc2nc(Nc3ccc(C4CC5CN(C(C)=O)CC5C4)cc3C)ncc2C)c1. The van der Waals surface area contributed by atoms with Crippen molar-refractivity contribution in [1.29, 1.82) is 0 Å². The third kappa shape index (κ3) is 5.54. The summed E-state index contributed by atoms with van der Waals surface area (Å²) in [5, 5.41) is 9.47. The summed E-state index contributed by atoms with van der Waals surface area (Å²) in [6.45, 7) is 11.0. The summed E-state index contributed by atoms with van der Waals surface area (Å²) in [5.41, 5.74) is 5.86. The van der Waals surface area contributed by atoms with Crippen LogP contribution in [0.3, 0.4) is 0 Å². The highest BCUT2D eigenvalue weighted by Crippen LogP contribution is 2.46. The third-order valence-electron chi connectivity index (χ3n) is 7.71. The van der Waals surface area contributed by atoms with Gasteiger partial charge in [-0.1, -0.05) is 24.8 Å². The maximum absolute atomic E-state index is 11.7. The lowest BCUT2D eigenvalue weighted by atomic mass is 9.94. The van der Waals surface area contributed by atoms with E-state index in [1.165, 1.54) is 11.6 Å². The van der Waals surface area contributed by atoms with Gasteiger partial charge in [0.1, 0.15) is 5.82 Å². The van der Waals surface area contributed by atoms with E-state index in [0.29, 0.717) is 35.2 Å². The Morgan fingerprint density at radius 1 is 1.00 bits per heavy atom. The average Bonchev–Trinajstić information content (AvgIpc) is 3.47. The Hall–Kier alpha value is -4.20. The molecule has 2 fully saturated rings. The molecule has 0 radical (unpaired) electrons. The van der Waals surface area contributed by atoms with Gasteiger partial charge in [0, 0.05) is 48.8 Å². The van der Waals surface area contributed by atoms with Crippen molar-refractivity contribution in [3.05, 3.63) is 78.0 Å². The number of anilines is 5. The molecule has 1 aliphatic heterocycles. The van der Waals surface area contributed by atoms with Crippen molar-refractivity contribution in [2.45, 2.75) is 39.5 Å². The molecule has 0 spiro atoms. The molecule has 1 saturated heterocycles. The molecule has 1 saturated carbocycles. The van der Waals surface area contributed by atoms with Crippen molar-refractivity contribution in [2.24, 2.45) is 11.8 Å². The molecule has 5 rings (SSSR count). The topological polar surface area (TPSA) is 99.2 Å². The number of carbonyl (C=O) groups excluding carboxylic acids is 2. The molecule has 196 valence electrons. The molecular weight excluding hydrogens is 476 g/mol. The second-order valence-corrected chi connectivity index (χ2v) is 10.4. The highest BCUT2D eigenvalue weighted by atomic mass is 16.2. The van der Waals surface area contributed by atoms with Crippen LogP contribution in [0.4, 0.5) is 28.8 Å². The van der Waals surface area contributed by atoms with E-state index in [1.807, 2.05) is 36.1 Å². The number of nitrogens with one attached hydrogen (secondary N) is 3. The first-order valence-electron chi connectivity index (χ1n) is 13.1. The fraction of sp³-hybridized carbons (Fsp3) is 0.333. The Balaban J connectivity index is 1.26. The third-order valence-corrected chi connectivity index (χ3v) is 7.71. The Labute approximate surface area is 223 Å². The molecule has 8 nitrogen and oxygen atoms in total. The van der Waals surface area contributed by atoms with Crippen LogP contribution in [0.25, 0.3) is 0 Å². The summed E-state index contributed by atoms with van der Waals surface area (Å²) in [6, 6.07) is 14.0. The van der Waals surface area contributed by atoms with E-state index < -0.39 is 0 Å². The van der Waals surface area contributed by atoms with Gasteiger partial charge in [-0.25, -0.2) is 4.98 Å². The second-order valence-electron chi connectivity index (χ2n) is 10.4. The number of hydrogen-bond acceptors (Lipinski definition) is 6. The number of hydrogen-bond donors (Lipinski definition) is 3. The molecule has 2 unspecified atom stereocenters. The first kappa shape index (κ1) is 25.4. The summed E-state index contributed by atoms with van der Waals surface area (Å²) in [4.78, 5) is 34.6. The monoisotopic (exact) mass is 510 g/mol. The quantitative estimate of drug-likeness (QED) is 0.354. The zero-order valence-corrected chi connectivity index (χ0v) is 22.1. The number of rotatable bonds is 7. The number of amides is 2. The summed E-state index contributed by atoms with van der Waals surface area (Å²) in [5.74, 6) is 2.91. The number of aryl methyl sites for hydroxylation is 2. The molecule has 38 heavy (non-hydrogen) atoms. The van der Waals surface area contributed by atoms with Gasteiger partial charge in [-0.2, -0.15) is 4.98 Å². The first-order chi connectivity index (χ1) is 18.3. The summed E-state index contributed by atoms with van der Waals surface area (Å²) in [6.07, 6.45) is 5.32. The number of nitrogens with zero attached hydrogens (tertiary/aromatic N) is 3. The van der Waals surface area contributed by atoms with E-state index in [1.54, 1.807) is 13.1 Å². The predicted octanol–water partition coefficient (Wildman–Crippen LogP) is 5.68. The van der Waals surface area contributed by atoms with Crippen LogP contribution < -0.4 is 16.0 Å². The van der Waals surface area contributed by atoms with Gasteiger partial charge in [-0.05, 0) is 85.9 Å². The van der Waals surface area contributed by atoms with E-state index in [0.717, 1.165) is 48.4 Å². The van der Waals surface area contributed by atoms with Crippen LogP contribution in [0, 0.1) is 25.7 Å². The van der Waals surface area contributed by atoms with Gasteiger partial charge in [0.2, 0.25) is 17.8 Å². The lowest BCUT2D eigenvalue weighted by molar-refractivity contribution is -0.128. The van der Waals surface area contributed by atoms with Gasteiger partial charge < -0.3 is 20.9 Å². The molecule has 2 aromatic carbocycles. The molecule has 2 atom stereocenters. The Bertz CT molecular complexity index is 1370. The number of aromatic nitrogens is 2. The minimum Gasteiger partial charge on any atom is -0.342 e. The lowest BCUT2D eigenvalue weighted by Gasteiger charge is -2.19. The second kappa shape index (κ2) is 10.7. The Morgan fingerprint density at radius 3 is 2.42 bits per heavy atom. The normalized spacial score (nSPS) is 20.1. The molecule has 2 amide bonds. The van der Waals surface area contributed by atoms with E-state index in [2.05, 4.69) is 52.6 Å².